The van der Waals surface area contributed by atoms with Crippen molar-refractivity contribution in [3.8, 4) is 0 Å². The van der Waals surface area contributed by atoms with E-state index >= 15 is 0 Å². The topological polar surface area (TPSA) is 51.2 Å². The van der Waals surface area contributed by atoms with Crippen molar-refractivity contribution in [2.75, 3.05) is 5.75 Å². The number of halogens is 1. The van der Waals surface area contributed by atoms with Crippen LogP contribution in [0.5, 0.6) is 0 Å². The van der Waals surface area contributed by atoms with E-state index in [-0.39, 0.29) is 4.90 Å². The molecule has 20 heavy (non-hydrogen) atoms. The fraction of sp³-hybridized carbons (Fsp3) is 0.133. The molecule has 2 rings (SSSR count). The first-order chi connectivity index (χ1) is 9.38. The lowest BCUT2D eigenvalue weighted by Gasteiger charge is -2.05. The molecule has 0 aliphatic heterocycles. The van der Waals surface area contributed by atoms with Gasteiger partial charge in [0.2, 0.25) is 0 Å². The fourth-order valence-corrected chi connectivity index (χ4v) is 3.33. The van der Waals surface area contributed by atoms with Crippen molar-refractivity contribution in [3.63, 3.8) is 0 Å². The molecule has 0 aliphatic carbocycles. The Morgan fingerprint density at radius 2 is 1.80 bits per heavy atom. The van der Waals surface area contributed by atoms with Crippen LogP contribution in [0, 0.1) is 6.92 Å². The van der Waals surface area contributed by atoms with Crippen molar-refractivity contribution < 1.29 is 13.2 Å². The Kier molecular flexibility index (Phi) is 4.26. The van der Waals surface area contributed by atoms with Crippen molar-refractivity contribution in [2.24, 2.45) is 0 Å². The van der Waals surface area contributed by atoms with Crippen molar-refractivity contribution >= 4 is 27.2 Å². The third-order valence-corrected chi connectivity index (χ3v) is 4.67. The third kappa shape index (κ3) is 3.46. The summed E-state index contributed by atoms with van der Waals surface area (Å²) in [6, 6.07) is 12.8. The maximum atomic E-state index is 12.2. The second kappa shape index (κ2) is 5.77. The molecule has 0 heterocycles. The molecule has 0 spiro atoms. The number of benzene rings is 2. The van der Waals surface area contributed by atoms with Gasteiger partial charge in [0.1, 0.15) is 5.75 Å². The fourth-order valence-electron chi connectivity index (χ4n) is 1.81. The van der Waals surface area contributed by atoms with Gasteiger partial charge < -0.3 is 0 Å². The highest BCUT2D eigenvalue weighted by Crippen LogP contribution is 2.16. The number of rotatable bonds is 4. The highest BCUT2D eigenvalue weighted by molar-refractivity contribution is 7.92. The summed E-state index contributed by atoms with van der Waals surface area (Å²) in [5, 5.41) is 0.406. The van der Waals surface area contributed by atoms with Crippen LogP contribution in [0.3, 0.4) is 0 Å². The first kappa shape index (κ1) is 14.8. The van der Waals surface area contributed by atoms with E-state index in [2.05, 4.69) is 0 Å². The van der Waals surface area contributed by atoms with Gasteiger partial charge in [-0.15, -0.1) is 0 Å². The van der Waals surface area contributed by atoms with Crippen LogP contribution in [-0.4, -0.2) is 20.0 Å². The lowest BCUT2D eigenvalue weighted by molar-refractivity contribution is 0.102. The van der Waals surface area contributed by atoms with Crippen molar-refractivity contribution in [3.05, 3.63) is 64.7 Å². The van der Waals surface area contributed by atoms with Gasteiger partial charge in [0.25, 0.3) is 0 Å². The van der Waals surface area contributed by atoms with Crippen molar-refractivity contribution in [1.29, 1.82) is 0 Å². The van der Waals surface area contributed by atoms with Crippen LogP contribution in [0.4, 0.5) is 0 Å². The van der Waals surface area contributed by atoms with Crippen LogP contribution in [0.25, 0.3) is 0 Å². The summed E-state index contributed by atoms with van der Waals surface area (Å²) in [6.07, 6.45) is 0. The number of hydrogen-bond donors (Lipinski definition) is 0. The molecule has 0 saturated carbocycles. The average Bonchev–Trinajstić information content (AvgIpc) is 2.38. The zero-order chi connectivity index (χ0) is 14.8. The number of Topliss-reactive ketones (excluding diaryl/α,β-unsaturated/α-hetero) is 1. The van der Waals surface area contributed by atoms with Gasteiger partial charge in [0, 0.05) is 10.6 Å². The molecular formula is C15H13ClO3S. The molecule has 0 fully saturated rings. The van der Waals surface area contributed by atoms with Crippen molar-refractivity contribution in [2.45, 2.75) is 11.8 Å². The van der Waals surface area contributed by atoms with Gasteiger partial charge in [0.05, 0.1) is 4.90 Å². The molecule has 5 heteroatoms. The van der Waals surface area contributed by atoms with Crippen molar-refractivity contribution in [1.82, 2.24) is 0 Å². The first-order valence-corrected chi connectivity index (χ1v) is 8.00. The summed E-state index contributed by atoms with van der Waals surface area (Å²) in [5.74, 6) is -1.02. The summed E-state index contributed by atoms with van der Waals surface area (Å²) < 4.78 is 24.4. The van der Waals surface area contributed by atoms with Crippen LogP contribution in [-0.2, 0) is 9.84 Å². The van der Waals surface area contributed by atoms with Gasteiger partial charge >= 0.3 is 0 Å². The zero-order valence-corrected chi connectivity index (χ0v) is 12.4. The Morgan fingerprint density at radius 3 is 2.45 bits per heavy atom. The smallest absolute Gasteiger partial charge is 0.185 e. The number of carbonyl (C=O) groups excluding carboxylic acids is 1. The van der Waals surface area contributed by atoms with E-state index in [1.807, 2.05) is 0 Å². The first-order valence-electron chi connectivity index (χ1n) is 5.97. The van der Waals surface area contributed by atoms with E-state index in [1.165, 1.54) is 12.1 Å². The second-order valence-corrected chi connectivity index (χ2v) is 6.94. The zero-order valence-electron chi connectivity index (χ0n) is 10.8. The SMILES string of the molecule is Cc1cccc(S(=O)(=O)CC(=O)c2cccc(Cl)c2)c1. The Hall–Kier alpha value is -1.65. The Morgan fingerprint density at radius 1 is 1.10 bits per heavy atom. The summed E-state index contributed by atoms with van der Waals surface area (Å²) >= 11 is 5.80. The van der Waals surface area contributed by atoms with E-state index in [4.69, 9.17) is 11.6 Å². The number of hydrogen-bond acceptors (Lipinski definition) is 3. The van der Waals surface area contributed by atoms with Crippen LogP contribution in [0.2, 0.25) is 5.02 Å². The molecule has 2 aromatic carbocycles. The van der Waals surface area contributed by atoms with E-state index < -0.39 is 21.4 Å². The summed E-state index contributed by atoms with van der Waals surface area (Å²) in [7, 11) is -3.64. The average molecular weight is 309 g/mol. The molecule has 3 nitrogen and oxygen atoms in total. The summed E-state index contributed by atoms with van der Waals surface area (Å²) in [4.78, 5) is 12.2. The highest BCUT2D eigenvalue weighted by Gasteiger charge is 2.20. The van der Waals surface area contributed by atoms with E-state index in [0.717, 1.165) is 5.56 Å². The largest absolute Gasteiger partial charge is 0.293 e. The standard InChI is InChI=1S/C15H13ClO3S/c1-11-4-2-7-14(8-11)20(18,19)10-15(17)12-5-3-6-13(16)9-12/h2-9H,10H2,1H3. The predicted molar refractivity (Wildman–Crippen MR) is 79.0 cm³/mol. The molecule has 0 N–H and O–H groups in total. The molecule has 0 atom stereocenters. The van der Waals surface area contributed by atoms with Crippen LogP contribution in [0.1, 0.15) is 15.9 Å². The van der Waals surface area contributed by atoms with E-state index in [1.54, 1.807) is 43.3 Å². The molecular weight excluding hydrogens is 296 g/mol. The van der Waals surface area contributed by atoms with Gasteiger partial charge in [-0.1, -0.05) is 35.9 Å². The minimum absolute atomic E-state index is 0.160. The molecule has 0 unspecified atom stereocenters. The van der Waals surface area contributed by atoms with Gasteiger partial charge in [-0.25, -0.2) is 8.42 Å². The minimum atomic E-state index is -3.64. The maximum absolute atomic E-state index is 12.2. The number of carbonyl (C=O) groups is 1. The van der Waals surface area contributed by atoms with Crippen LogP contribution >= 0.6 is 11.6 Å². The van der Waals surface area contributed by atoms with Gasteiger partial charge in [-0.3, -0.25) is 4.79 Å². The normalized spacial score (nSPS) is 11.3. The molecule has 0 aromatic heterocycles. The third-order valence-electron chi connectivity index (χ3n) is 2.82. The van der Waals surface area contributed by atoms with Crippen LogP contribution in [0.15, 0.2) is 53.4 Å². The number of aryl methyl sites for hydroxylation is 1. The highest BCUT2D eigenvalue weighted by atomic mass is 35.5. The molecule has 0 bridgehead atoms. The lowest BCUT2D eigenvalue weighted by Crippen LogP contribution is -2.16. The van der Waals surface area contributed by atoms with Crippen LogP contribution < -0.4 is 0 Å². The Balaban J connectivity index is 2.27. The molecule has 104 valence electrons. The predicted octanol–water partition coefficient (Wildman–Crippen LogP) is 3.31. The quantitative estimate of drug-likeness (QED) is 0.814. The summed E-state index contributed by atoms with van der Waals surface area (Å²) in [6.45, 7) is 1.80. The lowest BCUT2D eigenvalue weighted by atomic mass is 10.1. The maximum Gasteiger partial charge on any atom is 0.185 e. The summed E-state index contributed by atoms with van der Waals surface area (Å²) in [5.41, 5.74) is 1.13. The number of ketones is 1. The van der Waals surface area contributed by atoms with Gasteiger partial charge in [-0.05, 0) is 36.8 Å². The Bertz CT molecular complexity index is 751. The number of sulfone groups is 1. The molecule has 0 amide bonds. The minimum Gasteiger partial charge on any atom is -0.293 e. The van der Waals surface area contributed by atoms with E-state index in [0.29, 0.717) is 10.6 Å². The second-order valence-electron chi connectivity index (χ2n) is 4.51. The molecule has 0 aliphatic rings. The Labute approximate surface area is 123 Å². The van der Waals surface area contributed by atoms with Gasteiger partial charge in [0.15, 0.2) is 15.6 Å². The molecule has 0 radical (unpaired) electrons. The molecule has 2 aromatic rings. The molecule has 0 saturated heterocycles. The monoisotopic (exact) mass is 308 g/mol. The van der Waals surface area contributed by atoms with E-state index in [9.17, 15) is 13.2 Å². The van der Waals surface area contributed by atoms with Gasteiger partial charge in [-0.2, -0.15) is 0 Å².